The van der Waals surface area contributed by atoms with E-state index in [4.69, 9.17) is 5.11 Å². The molecule has 0 amide bonds. The lowest BCUT2D eigenvalue weighted by molar-refractivity contribution is 0.128. The zero-order chi connectivity index (χ0) is 11.9. The molecule has 1 N–H and O–H groups in total. The summed E-state index contributed by atoms with van der Waals surface area (Å²) in [4.78, 5) is 2.44. The zero-order valence-corrected chi connectivity index (χ0v) is 11.2. The van der Waals surface area contributed by atoms with Crippen molar-refractivity contribution in [1.82, 2.24) is 4.90 Å². The molecule has 0 aliphatic carbocycles. The van der Waals surface area contributed by atoms with Crippen molar-refractivity contribution < 1.29 is 5.11 Å². The van der Waals surface area contributed by atoms with Crippen LogP contribution in [-0.2, 0) is 0 Å². The number of aliphatic hydroxyl groups excluding tert-OH is 1. The third-order valence-corrected chi connectivity index (χ3v) is 3.00. The maximum Gasteiger partial charge on any atom is 0.0558 e. The largest absolute Gasteiger partial charge is 0.395 e. The minimum Gasteiger partial charge on any atom is -0.395 e. The normalized spacial score (nSPS) is 12.8. The lowest BCUT2D eigenvalue weighted by Gasteiger charge is -2.32. The molecule has 0 heterocycles. The van der Waals surface area contributed by atoms with Gasteiger partial charge in [0.15, 0.2) is 0 Å². The van der Waals surface area contributed by atoms with Crippen molar-refractivity contribution in [3.63, 3.8) is 0 Å². The van der Waals surface area contributed by atoms with Crippen molar-refractivity contribution in [2.24, 2.45) is 5.41 Å². The van der Waals surface area contributed by atoms with Crippen molar-refractivity contribution in [2.75, 3.05) is 19.7 Å². The van der Waals surface area contributed by atoms with Gasteiger partial charge in [-0.15, -0.1) is 0 Å². The van der Waals surface area contributed by atoms with Gasteiger partial charge in [-0.1, -0.05) is 34.6 Å². The molecule has 0 aromatic carbocycles. The summed E-state index contributed by atoms with van der Waals surface area (Å²) >= 11 is 0. The van der Waals surface area contributed by atoms with Crippen molar-refractivity contribution in [2.45, 2.75) is 59.9 Å². The van der Waals surface area contributed by atoms with Crippen molar-refractivity contribution >= 4 is 0 Å². The average molecular weight is 215 g/mol. The molecule has 0 saturated carbocycles. The predicted octanol–water partition coefficient (Wildman–Crippen LogP) is 2.91. The van der Waals surface area contributed by atoms with Crippen LogP contribution in [0.5, 0.6) is 0 Å². The Balaban J connectivity index is 4.13. The highest BCUT2D eigenvalue weighted by Crippen LogP contribution is 2.20. The highest BCUT2D eigenvalue weighted by Gasteiger charge is 2.17. The molecule has 0 bridgehead atoms. The van der Waals surface area contributed by atoms with E-state index in [0.29, 0.717) is 11.5 Å². The summed E-state index contributed by atoms with van der Waals surface area (Å²) in [6.45, 7) is 13.5. The molecule has 0 aliphatic rings. The Bertz CT molecular complexity index is 147. The quantitative estimate of drug-likeness (QED) is 0.706. The van der Waals surface area contributed by atoms with Gasteiger partial charge in [0, 0.05) is 12.6 Å². The van der Waals surface area contributed by atoms with Crippen LogP contribution in [-0.4, -0.2) is 35.7 Å². The first kappa shape index (κ1) is 14.9. The third-order valence-electron chi connectivity index (χ3n) is 3.00. The summed E-state index contributed by atoms with van der Waals surface area (Å²) in [5.41, 5.74) is 0.389. The second-order valence-corrected chi connectivity index (χ2v) is 5.54. The van der Waals surface area contributed by atoms with Crippen molar-refractivity contribution in [1.29, 1.82) is 0 Å². The van der Waals surface area contributed by atoms with Crippen LogP contribution in [0.3, 0.4) is 0 Å². The maximum atomic E-state index is 9.06. The van der Waals surface area contributed by atoms with E-state index in [1.165, 1.54) is 19.3 Å². The summed E-state index contributed by atoms with van der Waals surface area (Å²) in [5, 5.41) is 9.06. The van der Waals surface area contributed by atoms with Crippen LogP contribution in [0.15, 0.2) is 0 Å². The summed E-state index contributed by atoms with van der Waals surface area (Å²) in [7, 11) is 0. The molecule has 0 aliphatic heterocycles. The Labute approximate surface area is 95.7 Å². The molecule has 0 atom stereocenters. The van der Waals surface area contributed by atoms with Gasteiger partial charge >= 0.3 is 0 Å². The molecular weight excluding hydrogens is 186 g/mol. The molecule has 92 valence electrons. The fourth-order valence-electron chi connectivity index (χ4n) is 1.89. The van der Waals surface area contributed by atoms with E-state index in [-0.39, 0.29) is 6.61 Å². The van der Waals surface area contributed by atoms with Crippen LogP contribution in [0, 0.1) is 5.41 Å². The summed E-state index contributed by atoms with van der Waals surface area (Å²) in [5.74, 6) is 0. The fourth-order valence-corrected chi connectivity index (χ4v) is 1.89. The van der Waals surface area contributed by atoms with E-state index in [9.17, 15) is 0 Å². The van der Waals surface area contributed by atoms with Gasteiger partial charge in [-0.3, -0.25) is 4.90 Å². The highest BCUT2D eigenvalue weighted by atomic mass is 16.3. The zero-order valence-electron chi connectivity index (χ0n) is 11.2. The topological polar surface area (TPSA) is 23.5 Å². The van der Waals surface area contributed by atoms with E-state index < -0.39 is 0 Å². The van der Waals surface area contributed by atoms with E-state index >= 15 is 0 Å². The van der Waals surface area contributed by atoms with Crippen LogP contribution in [0.4, 0.5) is 0 Å². The van der Waals surface area contributed by atoms with Gasteiger partial charge < -0.3 is 5.11 Å². The molecule has 0 spiro atoms. The summed E-state index contributed by atoms with van der Waals surface area (Å²) < 4.78 is 0. The summed E-state index contributed by atoms with van der Waals surface area (Å²) in [6, 6.07) is 0.638. The molecule has 0 fully saturated rings. The van der Waals surface area contributed by atoms with E-state index in [0.717, 1.165) is 13.1 Å². The van der Waals surface area contributed by atoms with Gasteiger partial charge in [0.1, 0.15) is 0 Å². The maximum absolute atomic E-state index is 9.06. The van der Waals surface area contributed by atoms with Gasteiger partial charge in [-0.2, -0.15) is 0 Å². The monoisotopic (exact) mass is 215 g/mol. The average Bonchev–Trinajstić information content (AvgIpc) is 2.14. The van der Waals surface area contributed by atoms with Crippen LogP contribution < -0.4 is 0 Å². The molecular formula is C13H29NO. The lowest BCUT2D eigenvalue weighted by atomic mass is 9.91. The van der Waals surface area contributed by atoms with Crippen molar-refractivity contribution in [3.8, 4) is 0 Å². The number of nitrogens with zero attached hydrogens (tertiary/aromatic N) is 1. The number of hydrogen-bond acceptors (Lipinski definition) is 2. The van der Waals surface area contributed by atoms with E-state index in [1.807, 2.05) is 0 Å². The first-order valence-electron chi connectivity index (χ1n) is 6.29. The van der Waals surface area contributed by atoms with Crippen LogP contribution >= 0.6 is 0 Å². The summed E-state index contributed by atoms with van der Waals surface area (Å²) in [6.07, 6.45) is 3.56. The van der Waals surface area contributed by atoms with E-state index in [1.54, 1.807) is 0 Å². The molecule has 15 heavy (non-hydrogen) atoms. The standard InChI is InChI=1S/C13H29NO/c1-6-12(7-2)14(10-11-15)9-8-13(3,4)5/h12,15H,6-11H2,1-5H3. The van der Waals surface area contributed by atoms with Gasteiger partial charge in [-0.05, 0) is 31.2 Å². The number of hydrogen-bond donors (Lipinski definition) is 1. The van der Waals surface area contributed by atoms with E-state index in [2.05, 4.69) is 39.5 Å². The Morgan fingerprint density at radius 2 is 1.60 bits per heavy atom. The SMILES string of the molecule is CCC(CC)N(CCO)CCC(C)(C)C. The highest BCUT2D eigenvalue weighted by molar-refractivity contribution is 4.72. The first-order valence-corrected chi connectivity index (χ1v) is 6.29. The molecule has 0 unspecified atom stereocenters. The van der Waals surface area contributed by atoms with Gasteiger partial charge in [-0.25, -0.2) is 0 Å². The van der Waals surface area contributed by atoms with Crippen molar-refractivity contribution in [3.05, 3.63) is 0 Å². The minimum atomic E-state index is 0.278. The smallest absolute Gasteiger partial charge is 0.0558 e. The minimum absolute atomic E-state index is 0.278. The Kier molecular flexibility index (Phi) is 7.20. The molecule has 0 aromatic rings. The molecule has 0 saturated heterocycles. The molecule has 0 radical (unpaired) electrons. The van der Waals surface area contributed by atoms with Gasteiger partial charge in [0.05, 0.1) is 6.61 Å². The first-order chi connectivity index (χ1) is 6.94. The molecule has 2 nitrogen and oxygen atoms in total. The third kappa shape index (κ3) is 6.91. The second-order valence-electron chi connectivity index (χ2n) is 5.54. The fraction of sp³-hybridized carbons (Fsp3) is 1.00. The molecule has 0 aromatic heterocycles. The van der Waals surface area contributed by atoms with Gasteiger partial charge in [0.2, 0.25) is 0 Å². The molecule has 0 rings (SSSR count). The molecule has 2 heteroatoms. The van der Waals surface area contributed by atoms with Crippen LogP contribution in [0.2, 0.25) is 0 Å². The number of aliphatic hydroxyl groups is 1. The van der Waals surface area contributed by atoms with Crippen LogP contribution in [0.25, 0.3) is 0 Å². The second kappa shape index (κ2) is 7.24. The van der Waals surface area contributed by atoms with Crippen LogP contribution in [0.1, 0.15) is 53.9 Å². The predicted molar refractivity (Wildman–Crippen MR) is 67.1 cm³/mol. The lowest BCUT2D eigenvalue weighted by Crippen LogP contribution is -2.38. The Hall–Kier alpha value is -0.0800. The Morgan fingerprint density at radius 1 is 1.07 bits per heavy atom. The Morgan fingerprint density at radius 3 is 1.93 bits per heavy atom. The number of rotatable bonds is 7. The van der Waals surface area contributed by atoms with Gasteiger partial charge in [0.25, 0.3) is 0 Å².